The molecule has 0 bridgehead atoms. The van der Waals surface area contributed by atoms with Crippen molar-refractivity contribution in [3.05, 3.63) is 23.7 Å². The molecule has 0 spiro atoms. The number of halogens is 1. The summed E-state index contributed by atoms with van der Waals surface area (Å²) in [5, 5.41) is 5.80. The van der Waals surface area contributed by atoms with Crippen LogP contribution in [0.15, 0.2) is 23.7 Å². The molecule has 2 N–H and O–H groups in total. The third kappa shape index (κ3) is 3.66. The van der Waals surface area contributed by atoms with Gasteiger partial charge in [-0.1, -0.05) is 0 Å². The normalized spacial score (nSPS) is 9.94. The van der Waals surface area contributed by atoms with Gasteiger partial charge >= 0.3 is 0 Å². The molecule has 0 radical (unpaired) electrons. The van der Waals surface area contributed by atoms with E-state index in [-0.39, 0.29) is 18.3 Å². The van der Waals surface area contributed by atoms with Crippen LogP contribution in [-0.2, 0) is 4.79 Å². The van der Waals surface area contributed by atoms with E-state index in [9.17, 15) is 4.79 Å². The van der Waals surface area contributed by atoms with Crippen LogP contribution in [0.5, 0.6) is 0 Å². The van der Waals surface area contributed by atoms with Gasteiger partial charge in [0.1, 0.15) is 0 Å². The van der Waals surface area contributed by atoms with Crippen molar-refractivity contribution in [2.75, 3.05) is 18.9 Å². The van der Waals surface area contributed by atoms with E-state index in [1.54, 1.807) is 16.8 Å². The SMILES string of the molecule is CNCCC(=O)Nc1ccc2ncsc2c1.Cl. The van der Waals surface area contributed by atoms with E-state index in [2.05, 4.69) is 15.6 Å². The van der Waals surface area contributed by atoms with Crippen molar-refractivity contribution in [1.82, 2.24) is 10.3 Å². The van der Waals surface area contributed by atoms with Gasteiger partial charge in [0, 0.05) is 18.7 Å². The molecule has 0 aliphatic rings. The molecule has 1 aromatic carbocycles. The van der Waals surface area contributed by atoms with Crippen LogP contribution in [0.3, 0.4) is 0 Å². The molecule has 0 saturated heterocycles. The number of nitrogens with one attached hydrogen (secondary N) is 2. The maximum Gasteiger partial charge on any atom is 0.225 e. The quantitative estimate of drug-likeness (QED) is 0.897. The standard InChI is InChI=1S/C11H13N3OS.ClH/c1-12-5-4-11(15)14-8-2-3-9-10(6-8)16-7-13-9;/h2-3,6-7,12H,4-5H2,1H3,(H,14,15);1H. The first kappa shape index (κ1) is 13.9. The molecular formula is C11H14ClN3OS. The Morgan fingerprint density at radius 3 is 3.06 bits per heavy atom. The number of hydrogen-bond acceptors (Lipinski definition) is 4. The number of carbonyl (C=O) groups is 1. The number of anilines is 1. The van der Waals surface area contributed by atoms with E-state index in [0.29, 0.717) is 13.0 Å². The highest BCUT2D eigenvalue weighted by atomic mass is 35.5. The lowest BCUT2D eigenvalue weighted by molar-refractivity contribution is -0.116. The monoisotopic (exact) mass is 271 g/mol. The van der Waals surface area contributed by atoms with Crippen LogP contribution in [0.4, 0.5) is 5.69 Å². The minimum absolute atomic E-state index is 0. The summed E-state index contributed by atoms with van der Waals surface area (Å²) in [6.45, 7) is 0.689. The number of thiazole rings is 1. The van der Waals surface area contributed by atoms with Gasteiger partial charge < -0.3 is 10.6 Å². The minimum atomic E-state index is 0. The summed E-state index contributed by atoms with van der Waals surface area (Å²) in [5.41, 5.74) is 3.60. The van der Waals surface area contributed by atoms with E-state index < -0.39 is 0 Å². The molecule has 1 heterocycles. The third-order valence-corrected chi connectivity index (χ3v) is 3.01. The summed E-state index contributed by atoms with van der Waals surface area (Å²) in [6, 6.07) is 5.74. The first-order valence-electron chi connectivity index (χ1n) is 5.07. The van der Waals surface area contributed by atoms with Gasteiger partial charge in [0.2, 0.25) is 5.91 Å². The topological polar surface area (TPSA) is 54.0 Å². The molecule has 17 heavy (non-hydrogen) atoms. The van der Waals surface area contributed by atoms with Gasteiger partial charge in [-0.3, -0.25) is 4.79 Å². The molecule has 1 amide bonds. The Morgan fingerprint density at radius 2 is 2.29 bits per heavy atom. The smallest absolute Gasteiger partial charge is 0.225 e. The largest absolute Gasteiger partial charge is 0.326 e. The fourth-order valence-corrected chi connectivity index (χ4v) is 2.11. The zero-order valence-corrected chi connectivity index (χ0v) is 11.0. The fourth-order valence-electron chi connectivity index (χ4n) is 1.39. The molecule has 1 aromatic heterocycles. The van der Waals surface area contributed by atoms with Gasteiger partial charge in [-0.15, -0.1) is 23.7 Å². The molecule has 0 aliphatic carbocycles. The highest BCUT2D eigenvalue weighted by Gasteiger charge is 2.03. The van der Waals surface area contributed by atoms with Gasteiger partial charge in [-0.25, -0.2) is 4.98 Å². The van der Waals surface area contributed by atoms with Crippen molar-refractivity contribution in [2.45, 2.75) is 6.42 Å². The van der Waals surface area contributed by atoms with Gasteiger partial charge in [-0.2, -0.15) is 0 Å². The summed E-state index contributed by atoms with van der Waals surface area (Å²) in [4.78, 5) is 15.7. The molecular weight excluding hydrogens is 258 g/mol. The second-order valence-electron chi connectivity index (χ2n) is 3.44. The predicted molar refractivity (Wildman–Crippen MR) is 74.0 cm³/mol. The number of amides is 1. The highest BCUT2D eigenvalue weighted by Crippen LogP contribution is 2.21. The van der Waals surface area contributed by atoms with Crippen molar-refractivity contribution in [3.63, 3.8) is 0 Å². The Labute approximate surface area is 110 Å². The van der Waals surface area contributed by atoms with Crippen molar-refractivity contribution in [3.8, 4) is 0 Å². The fraction of sp³-hybridized carbons (Fsp3) is 0.273. The summed E-state index contributed by atoms with van der Waals surface area (Å²) in [6.07, 6.45) is 0.483. The lowest BCUT2D eigenvalue weighted by atomic mass is 10.3. The van der Waals surface area contributed by atoms with E-state index in [0.717, 1.165) is 15.9 Å². The summed E-state index contributed by atoms with van der Waals surface area (Å²) < 4.78 is 1.09. The number of nitrogens with zero attached hydrogens (tertiary/aromatic N) is 1. The number of benzene rings is 1. The molecule has 0 unspecified atom stereocenters. The Hall–Kier alpha value is -1.17. The molecule has 2 rings (SSSR count). The lowest BCUT2D eigenvalue weighted by Gasteiger charge is -2.04. The van der Waals surface area contributed by atoms with E-state index in [1.165, 1.54) is 0 Å². The van der Waals surface area contributed by atoms with Crippen LogP contribution in [-0.4, -0.2) is 24.5 Å². The maximum absolute atomic E-state index is 11.5. The number of fused-ring (bicyclic) bond motifs is 1. The molecule has 92 valence electrons. The maximum atomic E-state index is 11.5. The summed E-state index contributed by atoms with van der Waals surface area (Å²) in [5.74, 6) is 0.0261. The van der Waals surface area contributed by atoms with Crippen LogP contribution in [0.25, 0.3) is 10.2 Å². The minimum Gasteiger partial charge on any atom is -0.326 e. The third-order valence-electron chi connectivity index (χ3n) is 2.22. The number of carbonyl (C=O) groups excluding carboxylic acids is 1. The Kier molecular flexibility index (Phi) is 5.34. The van der Waals surface area contributed by atoms with E-state index in [4.69, 9.17) is 0 Å². The molecule has 0 aliphatic heterocycles. The van der Waals surface area contributed by atoms with Crippen molar-refractivity contribution in [2.24, 2.45) is 0 Å². The summed E-state index contributed by atoms with van der Waals surface area (Å²) in [7, 11) is 1.83. The predicted octanol–water partition coefficient (Wildman–Crippen LogP) is 2.27. The molecule has 0 fully saturated rings. The first-order valence-corrected chi connectivity index (χ1v) is 5.95. The van der Waals surface area contributed by atoms with Gasteiger partial charge in [-0.05, 0) is 25.2 Å². The molecule has 2 aromatic rings. The second-order valence-corrected chi connectivity index (χ2v) is 4.32. The Bertz CT molecular complexity index is 500. The van der Waals surface area contributed by atoms with Crippen molar-refractivity contribution < 1.29 is 4.79 Å². The molecule has 0 atom stereocenters. The van der Waals surface area contributed by atoms with E-state index >= 15 is 0 Å². The Balaban J connectivity index is 0.00000144. The van der Waals surface area contributed by atoms with Crippen LogP contribution in [0.1, 0.15) is 6.42 Å². The van der Waals surface area contributed by atoms with Crippen molar-refractivity contribution in [1.29, 1.82) is 0 Å². The zero-order chi connectivity index (χ0) is 11.4. The molecule has 6 heteroatoms. The zero-order valence-electron chi connectivity index (χ0n) is 9.40. The van der Waals surface area contributed by atoms with Crippen LogP contribution in [0, 0.1) is 0 Å². The summed E-state index contributed by atoms with van der Waals surface area (Å²) >= 11 is 1.57. The molecule has 4 nitrogen and oxygen atoms in total. The number of aromatic nitrogens is 1. The van der Waals surface area contributed by atoms with Gasteiger partial charge in [0.15, 0.2) is 0 Å². The Morgan fingerprint density at radius 1 is 1.47 bits per heavy atom. The highest BCUT2D eigenvalue weighted by molar-refractivity contribution is 7.16. The second kappa shape index (κ2) is 6.54. The van der Waals surface area contributed by atoms with E-state index in [1.807, 2.05) is 25.2 Å². The van der Waals surface area contributed by atoms with Crippen LogP contribution in [0.2, 0.25) is 0 Å². The van der Waals surface area contributed by atoms with Gasteiger partial charge in [0.05, 0.1) is 15.7 Å². The van der Waals surface area contributed by atoms with Crippen LogP contribution >= 0.6 is 23.7 Å². The van der Waals surface area contributed by atoms with Gasteiger partial charge in [0.25, 0.3) is 0 Å². The number of hydrogen-bond donors (Lipinski definition) is 2. The van der Waals surface area contributed by atoms with Crippen LogP contribution < -0.4 is 10.6 Å². The first-order chi connectivity index (χ1) is 7.79. The average molecular weight is 272 g/mol. The lowest BCUT2D eigenvalue weighted by Crippen LogP contribution is -2.18. The molecule has 0 saturated carbocycles. The number of rotatable bonds is 4. The average Bonchev–Trinajstić information content (AvgIpc) is 2.73. The van der Waals surface area contributed by atoms with Crippen molar-refractivity contribution >= 4 is 45.6 Å².